The van der Waals surface area contributed by atoms with E-state index in [0.29, 0.717) is 17.1 Å². The molecule has 0 saturated carbocycles. The van der Waals surface area contributed by atoms with Crippen LogP contribution in [-0.4, -0.2) is 37.7 Å². The van der Waals surface area contributed by atoms with Crippen LogP contribution < -0.4 is 14.8 Å². The van der Waals surface area contributed by atoms with Crippen LogP contribution in [0.5, 0.6) is 11.5 Å². The van der Waals surface area contributed by atoms with Crippen LogP contribution in [0.15, 0.2) is 18.2 Å². The molecule has 0 aliphatic carbocycles. The van der Waals surface area contributed by atoms with Gasteiger partial charge in [-0.3, -0.25) is 10.1 Å². The molecule has 1 heterocycles. The summed E-state index contributed by atoms with van der Waals surface area (Å²) >= 11 is 0. The number of hydrogen-bond donors (Lipinski definition) is 2. The van der Waals surface area contributed by atoms with E-state index in [1.807, 2.05) is 0 Å². The van der Waals surface area contributed by atoms with E-state index in [2.05, 4.69) is 5.32 Å². The molecule has 1 aromatic carbocycles. The lowest BCUT2D eigenvalue weighted by atomic mass is 10.0. The molecule has 1 aliphatic heterocycles. The number of carbonyl (C=O) groups is 1. The molecule has 2 rings (SSSR count). The topological polar surface area (TPSA) is 67.8 Å². The van der Waals surface area contributed by atoms with Crippen molar-refractivity contribution in [2.75, 3.05) is 7.05 Å². The van der Waals surface area contributed by atoms with Crippen LogP contribution in [0.2, 0.25) is 0 Å². The summed E-state index contributed by atoms with van der Waals surface area (Å²) in [6, 6.07) is 4.63. The van der Waals surface area contributed by atoms with Gasteiger partial charge in [-0.2, -0.15) is 0 Å². The van der Waals surface area contributed by atoms with Crippen LogP contribution in [0.25, 0.3) is 0 Å². The molecule has 1 aliphatic rings. The zero-order valence-corrected chi connectivity index (χ0v) is 9.56. The number of ketones is 1. The third-order valence-corrected chi connectivity index (χ3v) is 2.62. The van der Waals surface area contributed by atoms with Crippen molar-refractivity contribution in [1.29, 1.82) is 0 Å². The monoisotopic (exact) mass is 233 g/mol. The van der Waals surface area contributed by atoms with Crippen LogP contribution in [0, 0.1) is 0 Å². The molecule has 0 fully saturated rings. The minimum Gasteiger partial charge on any atom is -0.461 e. The molecular weight excluding hydrogens is 221 g/mol. The van der Waals surface area contributed by atoms with E-state index in [4.69, 9.17) is 17.3 Å². The standard InChI is InChI=1S/C11H12BNO4/c1-11(15,13-2)9(14)6-3-4-7-8(5-6)17-10(12)16-7/h3-5,10,13,15H,1-2H3/t10?,11-/m0/s1. The highest BCUT2D eigenvalue weighted by Crippen LogP contribution is 2.35. The fourth-order valence-corrected chi connectivity index (χ4v) is 1.51. The molecule has 6 heteroatoms. The molecule has 0 saturated heterocycles. The number of fused-ring (bicyclic) bond motifs is 1. The molecule has 0 amide bonds. The Labute approximate surface area is 100 Å². The first-order valence-electron chi connectivity index (χ1n) is 5.13. The van der Waals surface area contributed by atoms with Gasteiger partial charge >= 0.3 is 0 Å². The first kappa shape index (κ1) is 11.9. The highest BCUT2D eigenvalue weighted by molar-refractivity contribution is 6.10. The summed E-state index contributed by atoms with van der Waals surface area (Å²) in [5, 5.41) is 12.3. The van der Waals surface area contributed by atoms with E-state index in [9.17, 15) is 9.90 Å². The Morgan fingerprint density at radius 2 is 2.12 bits per heavy atom. The second-order valence-corrected chi connectivity index (χ2v) is 3.92. The van der Waals surface area contributed by atoms with Gasteiger partial charge in [-0.25, -0.2) is 0 Å². The van der Waals surface area contributed by atoms with Crippen molar-refractivity contribution in [2.24, 2.45) is 0 Å². The molecule has 0 bridgehead atoms. The number of carbonyl (C=O) groups excluding carboxylic acids is 1. The predicted molar refractivity (Wildman–Crippen MR) is 61.3 cm³/mol. The van der Waals surface area contributed by atoms with Crippen LogP contribution in [0.3, 0.4) is 0 Å². The number of ether oxygens (including phenoxy) is 2. The molecule has 2 N–H and O–H groups in total. The van der Waals surface area contributed by atoms with Gasteiger partial charge in [-0.1, -0.05) is 0 Å². The summed E-state index contributed by atoms with van der Waals surface area (Å²) in [6.07, 6.45) is -0.847. The molecule has 2 radical (unpaired) electrons. The number of hydrogen-bond acceptors (Lipinski definition) is 5. The number of likely N-dealkylation sites (N-methyl/N-ethyl adjacent to an activating group) is 1. The third kappa shape index (κ3) is 2.14. The van der Waals surface area contributed by atoms with Crippen LogP contribution in [-0.2, 0) is 0 Å². The van der Waals surface area contributed by atoms with Gasteiger partial charge < -0.3 is 14.6 Å². The van der Waals surface area contributed by atoms with Crippen molar-refractivity contribution in [3.8, 4) is 11.5 Å². The van der Waals surface area contributed by atoms with Crippen molar-refractivity contribution < 1.29 is 19.4 Å². The van der Waals surface area contributed by atoms with Gasteiger partial charge in [0.15, 0.2) is 31.3 Å². The molecule has 2 atom stereocenters. The minimum atomic E-state index is -1.62. The molecule has 17 heavy (non-hydrogen) atoms. The Hall–Kier alpha value is -1.53. The lowest BCUT2D eigenvalue weighted by Crippen LogP contribution is -2.47. The predicted octanol–water partition coefficient (Wildman–Crippen LogP) is 0.0205. The van der Waals surface area contributed by atoms with Gasteiger partial charge in [-0.15, -0.1) is 0 Å². The van der Waals surface area contributed by atoms with Gasteiger partial charge in [0.1, 0.15) is 0 Å². The zero-order chi connectivity index (χ0) is 12.6. The van der Waals surface area contributed by atoms with Crippen molar-refractivity contribution in [3.63, 3.8) is 0 Å². The van der Waals surface area contributed by atoms with Gasteiger partial charge in [0.05, 0.1) is 0 Å². The Balaban J connectivity index is 2.31. The van der Waals surface area contributed by atoms with Crippen LogP contribution >= 0.6 is 0 Å². The Morgan fingerprint density at radius 3 is 2.76 bits per heavy atom. The number of nitrogens with one attached hydrogen (secondary N) is 1. The summed E-state index contributed by atoms with van der Waals surface area (Å²) < 4.78 is 10.3. The average molecular weight is 233 g/mol. The molecular formula is C11H12BNO4. The minimum absolute atomic E-state index is 0.320. The van der Waals surface area contributed by atoms with Crippen molar-refractivity contribution >= 4 is 13.6 Å². The first-order valence-corrected chi connectivity index (χ1v) is 5.13. The van der Waals surface area contributed by atoms with E-state index >= 15 is 0 Å². The molecule has 88 valence electrons. The van der Waals surface area contributed by atoms with Gasteiger partial charge in [0, 0.05) is 5.56 Å². The number of Topliss-reactive ketones (excluding diaryl/α,β-unsaturated/α-hetero) is 1. The highest BCUT2D eigenvalue weighted by Gasteiger charge is 2.30. The van der Waals surface area contributed by atoms with Gasteiger partial charge in [0.25, 0.3) is 0 Å². The second-order valence-electron chi connectivity index (χ2n) is 3.92. The fraction of sp³-hybridized carbons (Fsp3) is 0.364. The highest BCUT2D eigenvalue weighted by atomic mass is 16.7. The molecule has 1 aromatic rings. The van der Waals surface area contributed by atoms with E-state index in [1.165, 1.54) is 20.0 Å². The van der Waals surface area contributed by atoms with Gasteiger partial charge in [-0.05, 0) is 32.2 Å². The SMILES string of the molecule is [B]C1Oc2ccc(C(=O)[C@](C)(O)NC)cc2O1. The summed E-state index contributed by atoms with van der Waals surface area (Å²) in [7, 11) is 6.93. The summed E-state index contributed by atoms with van der Waals surface area (Å²) in [4.78, 5) is 11.9. The Kier molecular flexibility index (Phi) is 2.85. The van der Waals surface area contributed by atoms with Crippen molar-refractivity contribution in [1.82, 2.24) is 5.32 Å². The smallest absolute Gasteiger partial charge is 0.209 e. The van der Waals surface area contributed by atoms with E-state index < -0.39 is 17.7 Å². The van der Waals surface area contributed by atoms with Crippen molar-refractivity contribution in [3.05, 3.63) is 23.8 Å². The number of benzene rings is 1. The summed E-state index contributed by atoms with van der Waals surface area (Å²) in [5.74, 6) is 0.431. The molecule has 1 unspecified atom stereocenters. The zero-order valence-electron chi connectivity index (χ0n) is 9.56. The third-order valence-electron chi connectivity index (χ3n) is 2.62. The Bertz CT molecular complexity index is 461. The lowest BCUT2D eigenvalue weighted by Gasteiger charge is -2.20. The van der Waals surface area contributed by atoms with Crippen LogP contribution in [0.1, 0.15) is 17.3 Å². The quantitative estimate of drug-likeness (QED) is 0.437. The van der Waals surface area contributed by atoms with E-state index in [0.717, 1.165) is 0 Å². The fourth-order valence-electron chi connectivity index (χ4n) is 1.51. The van der Waals surface area contributed by atoms with E-state index in [1.54, 1.807) is 12.1 Å². The maximum atomic E-state index is 11.9. The molecule has 0 aromatic heterocycles. The maximum absolute atomic E-state index is 11.9. The first-order chi connectivity index (χ1) is 7.94. The second kappa shape index (κ2) is 4.05. The average Bonchev–Trinajstić information content (AvgIpc) is 2.66. The summed E-state index contributed by atoms with van der Waals surface area (Å²) in [6.45, 7) is 1.38. The number of aliphatic hydroxyl groups is 1. The largest absolute Gasteiger partial charge is 0.461 e. The molecule has 5 nitrogen and oxygen atoms in total. The van der Waals surface area contributed by atoms with Crippen molar-refractivity contribution in [2.45, 2.75) is 18.8 Å². The van der Waals surface area contributed by atoms with Crippen LogP contribution in [0.4, 0.5) is 0 Å². The maximum Gasteiger partial charge on any atom is 0.209 e. The number of rotatable bonds is 3. The Morgan fingerprint density at radius 1 is 1.47 bits per heavy atom. The van der Waals surface area contributed by atoms with Gasteiger partial charge in [0.2, 0.25) is 5.78 Å². The lowest BCUT2D eigenvalue weighted by molar-refractivity contribution is 0.0276. The normalized spacial score (nSPS) is 21.0. The molecule has 0 spiro atoms. The summed E-state index contributed by atoms with van der Waals surface area (Å²) in [5.41, 5.74) is -1.30. The van der Waals surface area contributed by atoms with E-state index in [-0.39, 0.29) is 0 Å².